The van der Waals surface area contributed by atoms with E-state index in [4.69, 9.17) is 5.73 Å². The molecule has 3 N–H and O–H groups in total. The van der Waals surface area contributed by atoms with E-state index in [-0.39, 0.29) is 5.54 Å². The molecule has 2 unspecified atom stereocenters. The smallest absolute Gasteiger partial charge is 0.0309 e. The first-order chi connectivity index (χ1) is 9.15. The minimum absolute atomic E-state index is 0.252. The summed E-state index contributed by atoms with van der Waals surface area (Å²) in [6.45, 7) is 5.58. The molecule has 2 aliphatic carbocycles. The van der Waals surface area contributed by atoms with E-state index in [9.17, 15) is 0 Å². The Labute approximate surface area is 119 Å². The molecule has 0 aromatic heterocycles. The first kappa shape index (κ1) is 15.3. The average Bonchev–Trinajstić information content (AvgIpc) is 2.67. The molecule has 2 nitrogen and oxygen atoms in total. The van der Waals surface area contributed by atoms with Crippen LogP contribution in [0.4, 0.5) is 0 Å². The summed E-state index contributed by atoms with van der Waals surface area (Å²) in [7, 11) is 0. The SMILES string of the molecule is CC(C)C1CCCC(CN)(NC2CCCCCC2)C1. The topological polar surface area (TPSA) is 38.0 Å². The predicted molar refractivity (Wildman–Crippen MR) is 83.2 cm³/mol. The number of nitrogens with one attached hydrogen (secondary N) is 1. The van der Waals surface area contributed by atoms with Gasteiger partial charge >= 0.3 is 0 Å². The first-order valence-electron chi connectivity index (χ1n) is 8.63. The summed E-state index contributed by atoms with van der Waals surface area (Å²) < 4.78 is 0. The Morgan fingerprint density at radius 3 is 2.32 bits per heavy atom. The van der Waals surface area contributed by atoms with Crippen molar-refractivity contribution >= 4 is 0 Å². The normalized spacial score (nSPS) is 34.4. The van der Waals surface area contributed by atoms with Crippen molar-refractivity contribution in [1.82, 2.24) is 5.32 Å². The minimum atomic E-state index is 0.252. The van der Waals surface area contributed by atoms with E-state index in [1.54, 1.807) is 0 Å². The van der Waals surface area contributed by atoms with Crippen molar-refractivity contribution in [3.8, 4) is 0 Å². The summed E-state index contributed by atoms with van der Waals surface area (Å²) in [5, 5.41) is 4.02. The molecule has 2 aliphatic rings. The second-order valence-corrected chi connectivity index (χ2v) is 7.42. The predicted octanol–water partition coefficient (Wildman–Crippen LogP) is 3.84. The Bertz CT molecular complexity index is 256. The lowest BCUT2D eigenvalue weighted by Gasteiger charge is -2.44. The van der Waals surface area contributed by atoms with Gasteiger partial charge in [-0.25, -0.2) is 0 Å². The van der Waals surface area contributed by atoms with E-state index in [0.29, 0.717) is 0 Å². The quantitative estimate of drug-likeness (QED) is 0.759. The number of nitrogens with two attached hydrogens (primary N) is 1. The fourth-order valence-corrected chi connectivity index (χ4v) is 4.21. The van der Waals surface area contributed by atoms with Crippen molar-refractivity contribution in [2.45, 2.75) is 89.6 Å². The lowest BCUT2D eigenvalue weighted by molar-refractivity contribution is 0.136. The summed E-state index contributed by atoms with van der Waals surface area (Å²) in [6, 6.07) is 0.733. The van der Waals surface area contributed by atoms with Gasteiger partial charge in [0.15, 0.2) is 0 Å². The molecule has 0 aromatic carbocycles. The second kappa shape index (κ2) is 7.08. The highest BCUT2D eigenvalue weighted by molar-refractivity contribution is 4.97. The summed E-state index contributed by atoms with van der Waals surface area (Å²) >= 11 is 0. The Kier molecular flexibility index (Phi) is 5.70. The van der Waals surface area contributed by atoms with Crippen LogP contribution in [0.5, 0.6) is 0 Å². The zero-order chi connectivity index (χ0) is 13.7. The van der Waals surface area contributed by atoms with Gasteiger partial charge in [0.25, 0.3) is 0 Å². The molecule has 19 heavy (non-hydrogen) atoms. The van der Waals surface area contributed by atoms with Gasteiger partial charge in [-0.1, -0.05) is 52.4 Å². The van der Waals surface area contributed by atoms with Crippen molar-refractivity contribution < 1.29 is 0 Å². The van der Waals surface area contributed by atoms with Crippen LogP contribution >= 0.6 is 0 Å². The van der Waals surface area contributed by atoms with Gasteiger partial charge in [-0.3, -0.25) is 0 Å². The largest absolute Gasteiger partial charge is 0.329 e. The monoisotopic (exact) mass is 266 g/mol. The van der Waals surface area contributed by atoms with Crippen molar-refractivity contribution in [3.63, 3.8) is 0 Å². The van der Waals surface area contributed by atoms with Crippen LogP contribution in [-0.2, 0) is 0 Å². The first-order valence-corrected chi connectivity index (χ1v) is 8.63. The Balaban J connectivity index is 1.96. The van der Waals surface area contributed by atoms with Crippen LogP contribution in [0.15, 0.2) is 0 Å². The van der Waals surface area contributed by atoms with Gasteiger partial charge in [0.2, 0.25) is 0 Å². The third kappa shape index (κ3) is 4.19. The van der Waals surface area contributed by atoms with Gasteiger partial charge in [0.05, 0.1) is 0 Å². The molecular formula is C17H34N2. The molecule has 112 valence electrons. The molecule has 0 spiro atoms. The average molecular weight is 266 g/mol. The molecule has 0 radical (unpaired) electrons. The lowest BCUT2D eigenvalue weighted by atomic mass is 9.71. The fourth-order valence-electron chi connectivity index (χ4n) is 4.21. The molecule has 0 saturated heterocycles. The molecule has 2 fully saturated rings. The summed E-state index contributed by atoms with van der Waals surface area (Å²) in [4.78, 5) is 0. The molecule has 2 heteroatoms. The summed E-state index contributed by atoms with van der Waals surface area (Å²) in [6.07, 6.45) is 13.8. The van der Waals surface area contributed by atoms with Crippen LogP contribution in [-0.4, -0.2) is 18.1 Å². The van der Waals surface area contributed by atoms with Crippen LogP contribution in [0.2, 0.25) is 0 Å². The molecule has 2 saturated carbocycles. The molecule has 0 aliphatic heterocycles. The standard InChI is InChI=1S/C17H34N2/c1-14(2)15-8-7-11-17(12-15,13-18)19-16-9-5-3-4-6-10-16/h14-16,19H,3-13,18H2,1-2H3. The zero-order valence-corrected chi connectivity index (χ0v) is 13.1. The van der Waals surface area contributed by atoms with Crippen LogP contribution < -0.4 is 11.1 Å². The van der Waals surface area contributed by atoms with E-state index in [2.05, 4.69) is 19.2 Å². The second-order valence-electron chi connectivity index (χ2n) is 7.42. The number of hydrogen-bond donors (Lipinski definition) is 2. The number of rotatable bonds is 4. The van der Waals surface area contributed by atoms with Crippen molar-refractivity contribution in [3.05, 3.63) is 0 Å². The zero-order valence-electron chi connectivity index (χ0n) is 13.1. The van der Waals surface area contributed by atoms with Gasteiger partial charge in [0, 0.05) is 18.1 Å². The van der Waals surface area contributed by atoms with Gasteiger partial charge in [-0.15, -0.1) is 0 Å². The van der Waals surface area contributed by atoms with E-state index >= 15 is 0 Å². The maximum absolute atomic E-state index is 6.19. The third-order valence-electron chi connectivity index (χ3n) is 5.58. The maximum atomic E-state index is 6.19. The number of hydrogen-bond acceptors (Lipinski definition) is 2. The fraction of sp³-hybridized carbons (Fsp3) is 1.00. The minimum Gasteiger partial charge on any atom is -0.329 e. The highest BCUT2D eigenvalue weighted by Crippen LogP contribution is 2.37. The molecular weight excluding hydrogens is 232 g/mol. The maximum Gasteiger partial charge on any atom is 0.0309 e. The van der Waals surface area contributed by atoms with E-state index in [1.807, 2.05) is 0 Å². The molecule has 0 bridgehead atoms. The molecule has 0 heterocycles. The summed E-state index contributed by atoms with van der Waals surface area (Å²) in [5.74, 6) is 1.68. The summed E-state index contributed by atoms with van der Waals surface area (Å²) in [5.41, 5.74) is 6.45. The van der Waals surface area contributed by atoms with Crippen molar-refractivity contribution in [2.75, 3.05) is 6.54 Å². The van der Waals surface area contributed by atoms with Crippen LogP contribution in [0.25, 0.3) is 0 Å². The lowest BCUT2D eigenvalue weighted by Crippen LogP contribution is -2.57. The van der Waals surface area contributed by atoms with E-state index < -0.39 is 0 Å². The van der Waals surface area contributed by atoms with Gasteiger partial charge in [0.1, 0.15) is 0 Å². The highest BCUT2D eigenvalue weighted by Gasteiger charge is 2.37. The van der Waals surface area contributed by atoms with E-state index in [0.717, 1.165) is 24.4 Å². The Morgan fingerprint density at radius 1 is 1.05 bits per heavy atom. The van der Waals surface area contributed by atoms with E-state index in [1.165, 1.54) is 64.2 Å². The Hall–Kier alpha value is -0.0800. The van der Waals surface area contributed by atoms with Crippen LogP contribution in [0, 0.1) is 11.8 Å². The van der Waals surface area contributed by atoms with Gasteiger partial charge in [-0.05, 0) is 37.5 Å². The van der Waals surface area contributed by atoms with Crippen LogP contribution in [0.1, 0.15) is 78.1 Å². The van der Waals surface area contributed by atoms with Crippen molar-refractivity contribution in [2.24, 2.45) is 17.6 Å². The van der Waals surface area contributed by atoms with Gasteiger partial charge < -0.3 is 11.1 Å². The van der Waals surface area contributed by atoms with Crippen LogP contribution in [0.3, 0.4) is 0 Å². The molecule has 2 rings (SSSR count). The van der Waals surface area contributed by atoms with Crippen molar-refractivity contribution in [1.29, 1.82) is 0 Å². The molecule has 0 amide bonds. The molecule has 2 atom stereocenters. The molecule has 0 aromatic rings. The third-order valence-corrected chi connectivity index (χ3v) is 5.58. The highest BCUT2D eigenvalue weighted by atomic mass is 15.0. The van der Waals surface area contributed by atoms with Gasteiger partial charge in [-0.2, -0.15) is 0 Å². The Morgan fingerprint density at radius 2 is 1.74 bits per heavy atom.